The van der Waals surface area contributed by atoms with Gasteiger partial charge in [0.25, 0.3) is 0 Å². The zero-order chi connectivity index (χ0) is 15.5. The Labute approximate surface area is 132 Å². The number of aryl methyl sites for hydroxylation is 1. The number of hydrogen-bond donors (Lipinski definition) is 2. The van der Waals surface area contributed by atoms with E-state index in [-0.39, 0.29) is 24.2 Å². The third kappa shape index (κ3) is 3.69. The van der Waals surface area contributed by atoms with Crippen LogP contribution in [0, 0.1) is 18.7 Å². The topological polar surface area (TPSA) is 54.0 Å². The van der Waals surface area contributed by atoms with Crippen LogP contribution in [0.2, 0.25) is 0 Å². The lowest BCUT2D eigenvalue weighted by molar-refractivity contribution is -0.115. The lowest BCUT2D eigenvalue weighted by Crippen LogP contribution is -2.32. The van der Waals surface area contributed by atoms with Gasteiger partial charge in [0.2, 0.25) is 5.91 Å². The van der Waals surface area contributed by atoms with Gasteiger partial charge in [-0.2, -0.15) is 0 Å². The Hall–Kier alpha value is -1.79. The molecule has 0 bridgehead atoms. The van der Waals surface area contributed by atoms with Gasteiger partial charge in [-0.1, -0.05) is 12.1 Å². The van der Waals surface area contributed by atoms with E-state index in [9.17, 15) is 9.18 Å². The van der Waals surface area contributed by atoms with Crippen molar-refractivity contribution in [2.45, 2.75) is 25.8 Å². The van der Waals surface area contributed by atoms with Crippen LogP contribution in [-0.4, -0.2) is 17.4 Å². The van der Waals surface area contributed by atoms with Crippen molar-refractivity contribution in [3.63, 3.8) is 0 Å². The minimum absolute atomic E-state index is 0.116. The van der Waals surface area contributed by atoms with Gasteiger partial charge in [0.1, 0.15) is 10.8 Å². The summed E-state index contributed by atoms with van der Waals surface area (Å²) in [4.78, 5) is 17.6. The maximum Gasteiger partial charge on any atom is 0.238 e. The highest BCUT2D eigenvalue weighted by atomic mass is 32.1. The summed E-state index contributed by atoms with van der Waals surface area (Å²) in [5, 5.41) is 6.88. The van der Waals surface area contributed by atoms with Crippen molar-refractivity contribution in [2.75, 3.05) is 11.9 Å². The predicted molar refractivity (Wildman–Crippen MR) is 85.3 cm³/mol. The highest BCUT2D eigenvalue weighted by Gasteiger charge is 2.34. The second-order valence-electron chi connectivity index (χ2n) is 5.53. The molecule has 2 N–H and O–H groups in total. The fourth-order valence-corrected chi connectivity index (χ4v) is 3.30. The van der Waals surface area contributed by atoms with Crippen LogP contribution in [0.15, 0.2) is 30.5 Å². The fourth-order valence-electron chi connectivity index (χ4n) is 2.36. The minimum Gasteiger partial charge on any atom is -0.322 e. The SMILES string of the molecule is Cc1cnc([C@H](NCC(=O)Nc2ccccc2F)C2CC2)s1. The van der Waals surface area contributed by atoms with Crippen molar-refractivity contribution in [3.8, 4) is 0 Å². The molecule has 22 heavy (non-hydrogen) atoms. The van der Waals surface area contributed by atoms with E-state index in [1.165, 1.54) is 10.9 Å². The lowest BCUT2D eigenvalue weighted by Gasteiger charge is -2.15. The normalized spacial score (nSPS) is 15.5. The molecule has 3 rings (SSSR count). The summed E-state index contributed by atoms with van der Waals surface area (Å²) < 4.78 is 13.5. The van der Waals surface area contributed by atoms with E-state index in [0.29, 0.717) is 5.92 Å². The first-order valence-corrected chi connectivity index (χ1v) is 8.15. The highest BCUT2D eigenvalue weighted by Crippen LogP contribution is 2.41. The average molecular weight is 319 g/mol. The van der Waals surface area contributed by atoms with Gasteiger partial charge in [0.05, 0.1) is 18.3 Å². The van der Waals surface area contributed by atoms with Crippen LogP contribution in [0.4, 0.5) is 10.1 Å². The van der Waals surface area contributed by atoms with E-state index < -0.39 is 5.82 Å². The van der Waals surface area contributed by atoms with E-state index >= 15 is 0 Å². The summed E-state index contributed by atoms with van der Waals surface area (Å²) in [6, 6.07) is 6.28. The smallest absolute Gasteiger partial charge is 0.238 e. The molecule has 1 atom stereocenters. The molecule has 1 aliphatic rings. The Kier molecular flexibility index (Phi) is 4.49. The Bertz CT molecular complexity index is 669. The molecular weight excluding hydrogens is 301 g/mol. The number of thiazole rings is 1. The lowest BCUT2D eigenvalue weighted by atomic mass is 10.2. The highest BCUT2D eigenvalue weighted by molar-refractivity contribution is 7.11. The number of aromatic nitrogens is 1. The molecule has 1 amide bonds. The molecule has 1 aliphatic carbocycles. The van der Waals surface area contributed by atoms with Crippen LogP contribution < -0.4 is 10.6 Å². The molecule has 1 fully saturated rings. The van der Waals surface area contributed by atoms with Crippen LogP contribution in [0.1, 0.15) is 28.8 Å². The van der Waals surface area contributed by atoms with Crippen molar-refractivity contribution < 1.29 is 9.18 Å². The maximum atomic E-state index is 13.5. The number of carbonyl (C=O) groups excluding carboxylic acids is 1. The van der Waals surface area contributed by atoms with E-state index in [0.717, 1.165) is 17.8 Å². The van der Waals surface area contributed by atoms with Gasteiger partial charge in [-0.05, 0) is 37.8 Å². The van der Waals surface area contributed by atoms with Gasteiger partial charge < -0.3 is 5.32 Å². The van der Waals surface area contributed by atoms with Gasteiger partial charge in [-0.3, -0.25) is 10.1 Å². The summed E-state index contributed by atoms with van der Waals surface area (Å²) in [5.41, 5.74) is 0.211. The van der Waals surface area contributed by atoms with Crippen molar-refractivity contribution in [3.05, 3.63) is 46.2 Å². The molecule has 116 valence electrons. The van der Waals surface area contributed by atoms with Crippen LogP contribution in [0.5, 0.6) is 0 Å². The number of para-hydroxylation sites is 1. The number of amides is 1. The number of nitrogens with zero attached hydrogens (tertiary/aromatic N) is 1. The van der Waals surface area contributed by atoms with Crippen molar-refractivity contribution in [1.82, 2.24) is 10.3 Å². The van der Waals surface area contributed by atoms with Crippen molar-refractivity contribution in [2.24, 2.45) is 5.92 Å². The largest absolute Gasteiger partial charge is 0.322 e. The van der Waals surface area contributed by atoms with Crippen molar-refractivity contribution >= 4 is 22.9 Å². The third-order valence-electron chi connectivity index (χ3n) is 3.63. The summed E-state index contributed by atoms with van der Waals surface area (Å²) in [5.74, 6) is -0.124. The molecule has 1 saturated carbocycles. The second kappa shape index (κ2) is 6.54. The monoisotopic (exact) mass is 319 g/mol. The third-order valence-corrected chi connectivity index (χ3v) is 4.62. The number of carbonyl (C=O) groups is 1. The summed E-state index contributed by atoms with van der Waals surface area (Å²) in [6.07, 6.45) is 4.17. The molecule has 0 aliphatic heterocycles. The first kappa shape index (κ1) is 15.1. The summed E-state index contributed by atoms with van der Waals surface area (Å²) >= 11 is 1.66. The van der Waals surface area contributed by atoms with Crippen LogP contribution >= 0.6 is 11.3 Å². The average Bonchev–Trinajstić information content (AvgIpc) is 3.24. The molecule has 0 spiro atoms. The van der Waals surface area contributed by atoms with Crippen LogP contribution in [0.25, 0.3) is 0 Å². The van der Waals surface area contributed by atoms with E-state index in [4.69, 9.17) is 0 Å². The number of rotatable bonds is 6. The number of halogens is 1. The molecule has 0 saturated heterocycles. The molecule has 4 nitrogen and oxygen atoms in total. The number of nitrogens with one attached hydrogen (secondary N) is 2. The van der Waals surface area contributed by atoms with Crippen molar-refractivity contribution in [1.29, 1.82) is 0 Å². The van der Waals surface area contributed by atoms with Gasteiger partial charge in [-0.25, -0.2) is 9.37 Å². The van der Waals surface area contributed by atoms with E-state index in [1.807, 2.05) is 13.1 Å². The molecule has 0 radical (unpaired) electrons. The summed E-state index contributed by atoms with van der Waals surface area (Å²) in [6.45, 7) is 2.17. The predicted octanol–water partition coefficient (Wildman–Crippen LogP) is 3.27. The van der Waals surface area contributed by atoms with Gasteiger partial charge >= 0.3 is 0 Å². The molecule has 0 unspecified atom stereocenters. The molecule has 1 aromatic heterocycles. The van der Waals surface area contributed by atoms with Gasteiger partial charge in [0, 0.05) is 11.1 Å². The quantitative estimate of drug-likeness (QED) is 0.859. The minimum atomic E-state index is -0.426. The zero-order valence-corrected chi connectivity index (χ0v) is 13.1. The maximum absolute atomic E-state index is 13.5. The second-order valence-corrected chi connectivity index (χ2v) is 6.80. The number of benzene rings is 1. The Morgan fingerprint density at radius 1 is 1.45 bits per heavy atom. The number of hydrogen-bond acceptors (Lipinski definition) is 4. The number of anilines is 1. The molecule has 1 heterocycles. The van der Waals surface area contributed by atoms with Crippen LogP contribution in [0.3, 0.4) is 0 Å². The zero-order valence-electron chi connectivity index (χ0n) is 12.3. The van der Waals surface area contributed by atoms with E-state index in [1.54, 1.807) is 29.5 Å². The van der Waals surface area contributed by atoms with Gasteiger partial charge in [0.15, 0.2) is 0 Å². The first-order valence-electron chi connectivity index (χ1n) is 7.33. The Balaban J connectivity index is 1.58. The first-order chi connectivity index (χ1) is 10.6. The molecule has 2 aromatic rings. The van der Waals surface area contributed by atoms with Gasteiger partial charge in [-0.15, -0.1) is 11.3 Å². The molecular formula is C16H18FN3OS. The fraction of sp³-hybridized carbons (Fsp3) is 0.375. The Morgan fingerprint density at radius 2 is 2.23 bits per heavy atom. The molecule has 1 aromatic carbocycles. The van der Waals surface area contributed by atoms with Crippen LogP contribution in [-0.2, 0) is 4.79 Å². The standard InChI is InChI=1S/C16H18FN3OS/c1-10-8-19-16(22-10)15(11-6-7-11)18-9-14(21)20-13-5-3-2-4-12(13)17/h2-5,8,11,15,18H,6-7,9H2,1H3,(H,20,21)/t15-/m1/s1. The molecule has 6 heteroatoms. The van der Waals surface area contributed by atoms with E-state index in [2.05, 4.69) is 15.6 Å². The Morgan fingerprint density at radius 3 is 2.86 bits per heavy atom. The summed E-state index contributed by atoms with van der Waals surface area (Å²) in [7, 11) is 0.